The van der Waals surface area contributed by atoms with E-state index in [0.717, 1.165) is 46.8 Å². The van der Waals surface area contributed by atoms with Gasteiger partial charge in [-0.3, -0.25) is 9.20 Å². The summed E-state index contributed by atoms with van der Waals surface area (Å²) >= 11 is 0. The van der Waals surface area contributed by atoms with Crippen LogP contribution in [-0.4, -0.2) is 28.4 Å². The molecule has 1 fully saturated rings. The van der Waals surface area contributed by atoms with E-state index in [0.29, 0.717) is 30.3 Å². The quantitative estimate of drug-likeness (QED) is 0.323. The Balaban J connectivity index is 1.49. The van der Waals surface area contributed by atoms with Crippen LogP contribution in [0.2, 0.25) is 0 Å². The third-order valence-corrected chi connectivity index (χ3v) is 6.88. The van der Waals surface area contributed by atoms with E-state index >= 15 is 0 Å². The van der Waals surface area contributed by atoms with E-state index in [1.165, 1.54) is 19.3 Å². The predicted octanol–water partition coefficient (Wildman–Crippen LogP) is 5.14. The number of nitrogens with zero attached hydrogens (tertiary/aromatic N) is 2. The molecule has 186 valence electrons. The molecule has 0 saturated heterocycles. The maximum absolute atomic E-state index is 13.3. The fourth-order valence-corrected chi connectivity index (χ4v) is 4.92. The van der Waals surface area contributed by atoms with Gasteiger partial charge in [0.25, 0.3) is 5.91 Å². The average molecular weight is 484 g/mol. The van der Waals surface area contributed by atoms with Gasteiger partial charge in [0.1, 0.15) is 17.3 Å². The molecule has 0 atom stereocenters. The van der Waals surface area contributed by atoms with Gasteiger partial charge in [0, 0.05) is 30.9 Å². The van der Waals surface area contributed by atoms with E-state index in [1.54, 1.807) is 7.11 Å². The molecule has 0 bridgehead atoms. The van der Waals surface area contributed by atoms with E-state index in [1.807, 2.05) is 71.3 Å². The molecule has 4 N–H and O–H groups in total. The molecule has 2 aromatic heterocycles. The van der Waals surface area contributed by atoms with Gasteiger partial charge in [-0.25, -0.2) is 4.98 Å². The second kappa shape index (κ2) is 10.8. The van der Waals surface area contributed by atoms with Gasteiger partial charge >= 0.3 is 0 Å². The minimum Gasteiger partial charge on any atom is -0.497 e. The highest BCUT2D eigenvalue weighted by Gasteiger charge is 2.22. The third kappa shape index (κ3) is 5.06. The summed E-state index contributed by atoms with van der Waals surface area (Å²) < 4.78 is 7.36. The summed E-state index contributed by atoms with van der Waals surface area (Å²) in [5.41, 5.74) is 10.8. The number of amides is 1. The van der Waals surface area contributed by atoms with Crippen molar-refractivity contribution in [1.29, 1.82) is 0 Å². The van der Waals surface area contributed by atoms with Crippen molar-refractivity contribution in [2.45, 2.75) is 51.2 Å². The molecular formula is C29H33N5O2. The zero-order chi connectivity index (χ0) is 24.9. The van der Waals surface area contributed by atoms with E-state index in [9.17, 15) is 4.79 Å². The zero-order valence-electron chi connectivity index (χ0n) is 20.7. The molecule has 1 aliphatic rings. The van der Waals surface area contributed by atoms with Crippen molar-refractivity contribution in [3.8, 4) is 17.0 Å². The molecule has 7 nitrogen and oxygen atoms in total. The third-order valence-electron chi connectivity index (χ3n) is 6.88. The first kappa shape index (κ1) is 23.9. The Morgan fingerprint density at radius 2 is 1.83 bits per heavy atom. The Morgan fingerprint density at radius 3 is 2.58 bits per heavy atom. The largest absolute Gasteiger partial charge is 0.497 e. The van der Waals surface area contributed by atoms with Crippen molar-refractivity contribution in [3.05, 3.63) is 83.6 Å². The number of rotatable bonds is 8. The number of nitrogens with one attached hydrogen (secondary N) is 2. The number of fused-ring (bicyclic) bond motifs is 1. The Hall–Kier alpha value is -3.84. The number of carbonyl (C=O) groups excluding carboxylic acids is 1. The van der Waals surface area contributed by atoms with Crippen molar-refractivity contribution in [1.82, 2.24) is 14.7 Å². The van der Waals surface area contributed by atoms with Crippen LogP contribution in [0.3, 0.4) is 0 Å². The number of hydrogen-bond acceptors (Lipinski definition) is 5. The standard InChI is InChI=1S/C29H33N5O2/c1-36-24-14-12-22(13-15-24)26-28(32-23-9-3-2-4-10-23)34-16-6-11-25(27(34)33-26)29(35)31-19-21-8-5-7-20(17-21)18-30/h5-8,11-17,23,32H,2-4,9-10,18-19,30H2,1H3,(H,31,35). The lowest BCUT2D eigenvalue weighted by molar-refractivity contribution is 0.0952. The van der Waals surface area contributed by atoms with Gasteiger partial charge in [0.05, 0.1) is 12.7 Å². The van der Waals surface area contributed by atoms with E-state index in [2.05, 4.69) is 10.6 Å². The maximum atomic E-state index is 13.3. The van der Waals surface area contributed by atoms with Crippen LogP contribution < -0.4 is 21.1 Å². The first-order valence-corrected chi connectivity index (χ1v) is 12.6. The zero-order valence-corrected chi connectivity index (χ0v) is 20.7. The summed E-state index contributed by atoms with van der Waals surface area (Å²) in [4.78, 5) is 18.3. The lowest BCUT2D eigenvalue weighted by atomic mass is 9.95. The number of hydrogen-bond donors (Lipinski definition) is 3. The molecule has 7 heteroatoms. The number of anilines is 1. The average Bonchev–Trinajstić information content (AvgIpc) is 3.30. The molecular weight excluding hydrogens is 450 g/mol. The van der Waals surface area contributed by atoms with Gasteiger partial charge in [-0.15, -0.1) is 0 Å². The number of aromatic nitrogens is 2. The number of carbonyl (C=O) groups is 1. The molecule has 1 aliphatic carbocycles. The summed E-state index contributed by atoms with van der Waals surface area (Å²) in [6.45, 7) is 0.896. The molecule has 5 rings (SSSR count). The second-order valence-electron chi connectivity index (χ2n) is 9.34. The van der Waals surface area contributed by atoms with Crippen LogP contribution in [0.5, 0.6) is 5.75 Å². The van der Waals surface area contributed by atoms with Crippen LogP contribution in [-0.2, 0) is 13.1 Å². The van der Waals surface area contributed by atoms with Crippen LogP contribution in [0, 0.1) is 0 Å². The van der Waals surface area contributed by atoms with Crippen LogP contribution >= 0.6 is 0 Å². The molecule has 2 aromatic carbocycles. The molecule has 0 spiro atoms. The Bertz CT molecular complexity index is 1340. The first-order valence-electron chi connectivity index (χ1n) is 12.6. The van der Waals surface area contributed by atoms with E-state index < -0.39 is 0 Å². The number of imidazole rings is 1. The molecule has 1 amide bonds. The lowest BCUT2D eigenvalue weighted by Crippen LogP contribution is -2.24. The Labute approximate surface area is 211 Å². The summed E-state index contributed by atoms with van der Waals surface area (Å²) in [5.74, 6) is 1.56. The number of pyridine rings is 1. The minimum absolute atomic E-state index is 0.158. The fourth-order valence-electron chi connectivity index (χ4n) is 4.92. The van der Waals surface area contributed by atoms with E-state index in [-0.39, 0.29) is 5.91 Å². The van der Waals surface area contributed by atoms with Gasteiger partial charge in [0.15, 0.2) is 5.65 Å². The summed E-state index contributed by atoms with van der Waals surface area (Å²) in [6, 6.07) is 20.0. The molecule has 0 aliphatic heterocycles. The number of benzene rings is 2. The summed E-state index contributed by atoms with van der Waals surface area (Å²) in [6.07, 6.45) is 7.99. The van der Waals surface area contributed by atoms with Gasteiger partial charge in [-0.2, -0.15) is 0 Å². The Morgan fingerprint density at radius 1 is 1.06 bits per heavy atom. The molecule has 0 radical (unpaired) electrons. The van der Waals surface area contributed by atoms with E-state index in [4.69, 9.17) is 15.5 Å². The van der Waals surface area contributed by atoms with Gasteiger partial charge in [-0.1, -0.05) is 43.5 Å². The van der Waals surface area contributed by atoms with Crippen molar-refractivity contribution in [2.24, 2.45) is 5.73 Å². The van der Waals surface area contributed by atoms with Crippen LogP contribution in [0.4, 0.5) is 5.82 Å². The SMILES string of the molecule is COc1ccc(-c2nc3c(C(=O)NCc4cccc(CN)c4)cccn3c2NC2CCCCC2)cc1. The number of methoxy groups -OCH3 is 1. The first-order chi connectivity index (χ1) is 17.7. The second-order valence-corrected chi connectivity index (χ2v) is 9.34. The summed E-state index contributed by atoms with van der Waals surface area (Å²) in [5, 5.41) is 6.82. The molecule has 0 unspecified atom stereocenters. The molecule has 1 saturated carbocycles. The van der Waals surface area contributed by atoms with Crippen LogP contribution in [0.25, 0.3) is 16.9 Å². The van der Waals surface area contributed by atoms with Gasteiger partial charge < -0.3 is 21.1 Å². The van der Waals surface area contributed by atoms with Crippen molar-refractivity contribution < 1.29 is 9.53 Å². The molecule has 36 heavy (non-hydrogen) atoms. The van der Waals surface area contributed by atoms with Crippen LogP contribution in [0.15, 0.2) is 66.9 Å². The fraction of sp³-hybridized carbons (Fsp3) is 0.310. The monoisotopic (exact) mass is 483 g/mol. The lowest BCUT2D eigenvalue weighted by Gasteiger charge is -2.24. The highest BCUT2D eigenvalue weighted by atomic mass is 16.5. The molecule has 4 aromatic rings. The number of ether oxygens (including phenoxy) is 1. The highest BCUT2D eigenvalue weighted by molar-refractivity contribution is 6.00. The normalized spacial score (nSPS) is 14.1. The maximum Gasteiger partial charge on any atom is 0.255 e. The van der Waals surface area contributed by atoms with Crippen molar-refractivity contribution in [2.75, 3.05) is 12.4 Å². The minimum atomic E-state index is -0.158. The van der Waals surface area contributed by atoms with Gasteiger partial charge in [-0.05, 0) is 60.4 Å². The predicted molar refractivity (Wildman–Crippen MR) is 143 cm³/mol. The van der Waals surface area contributed by atoms with Crippen molar-refractivity contribution >= 4 is 17.4 Å². The number of nitrogens with two attached hydrogens (primary N) is 1. The smallest absolute Gasteiger partial charge is 0.255 e. The summed E-state index contributed by atoms with van der Waals surface area (Å²) in [7, 11) is 1.66. The van der Waals surface area contributed by atoms with Crippen LogP contribution in [0.1, 0.15) is 53.6 Å². The van der Waals surface area contributed by atoms with Gasteiger partial charge in [0.2, 0.25) is 0 Å². The highest BCUT2D eigenvalue weighted by Crippen LogP contribution is 2.33. The topological polar surface area (TPSA) is 93.7 Å². The molecule has 2 heterocycles. The Kier molecular flexibility index (Phi) is 7.18. The van der Waals surface area contributed by atoms with Crippen molar-refractivity contribution in [3.63, 3.8) is 0 Å².